The van der Waals surface area contributed by atoms with Crippen molar-refractivity contribution in [2.24, 2.45) is 0 Å². The number of sulfonamides is 1. The lowest BCUT2D eigenvalue weighted by Gasteiger charge is -2.26. The van der Waals surface area contributed by atoms with Gasteiger partial charge in [-0.25, -0.2) is 13.4 Å². The van der Waals surface area contributed by atoms with Gasteiger partial charge in [0.1, 0.15) is 11.3 Å². The highest BCUT2D eigenvalue weighted by Gasteiger charge is 2.27. The first-order chi connectivity index (χ1) is 18.8. The number of fused-ring (bicyclic) bond motifs is 1. The van der Waals surface area contributed by atoms with Gasteiger partial charge < -0.3 is 9.47 Å². The van der Waals surface area contributed by atoms with Gasteiger partial charge in [-0.1, -0.05) is 17.4 Å². The first kappa shape index (κ1) is 27.3. The van der Waals surface area contributed by atoms with Crippen LogP contribution in [-0.4, -0.2) is 72.8 Å². The summed E-state index contributed by atoms with van der Waals surface area (Å²) in [5, 5.41) is 5.07. The normalized spacial score (nSPS) is 14.5. The zero-order valence-electron chi connectivity index (χ0n) is 22.2. The molecule has 0 atom stereocenters. The van der Waals surface area contributed by atoms with Crippen LogP contribution in [-0.2, 0) is 21.3 Å². The molecule has 2 aromatic carbocycles. The number of aryl methyl sites for hydroxylation is 2. The molecule has 12 heteroatoms. The van der Waals surface area contributed by atoms with Crippen molar-refractivity contribution in [3.8, 4) is 5.75 Å². The highest BCUT2D eigenvalue weighted by Crippen LogP contribution is 2.35. The number of carbonyl (C=O) groups excluding carboxylic acids is 1. The molecular weight excluding hydrogens is 538 g/mol. The van der Waals surface area contributed by atoms with Crippen molar-refractivity contribution in [2.45, 2.75) is 32.2 Å². The zero-order valence-corrected chi connectivity index (χ0v) is 23.8. The van der Waals surface area contributed by atoms with Crippen molar-refractivity contribution >= 4 is 42.6 Å². The predicted octanol–water partition coefficient (Wildman–Crippen LogP) is 3.88. The Morgan fingerprint density at radius 2 is 1.87 bits per heavy atom. The van der Waals surface area contributed by atoms with Crippen molar-refractivity contribution in [2.75, 3.05) is 44.4 Å². The molecule has 0 aliphatic carbocycles. The van der Waals surface area contributed by atoms with E-state index in [2.05, 4.69) is 5.10 Å². The number of ether oxygens (including phenoxy) is 2. The molecule has 206 valence electrons. The molecule has 0 radical (unpaired) electrons. The van der Waals surface area contributed by atoms with Crippen LogP contribution in [0.25, 0.3) is 10.2 Å². The van der Waals surface area contributed by atoms with E-state index in [1.54, 1.807) is 17.0 Å². The summed E-state index contributed by atoms with van der Waals surface area (Å²) >= 11 is 1.41. The Hall–Kier alpha value is -3.32. The molecule has 1 aliphatic heterocycles. The molecule has 0 N–H and O–H groups in total. The van der Waals surface area contributed by atoms with Gasteiger partial charge in [-0.15, -0.1) is 0 Å². The monoisotopic (exact) mass is 569 g/mol. The Kier molecular flexibility index (Phi) is 7.98. The van der Waals surface area contributed by atoms with Crippen molar-refractivity contribution < 1.29 is 22.7 Å². The van der Waals surface area contributed by atoms with Gasteiger partial charge in [0, 0.05) is 30.9 Å². The van der Waals surface area contributed by atoms with E-state index in [1.165, 1.54) is 27.8 Å². The molecule has 39 heavy (non-hydrogen) atoms. The van der Waals surface area contributed by atoms with E-state index in [9.17, 15) is 13.2 Å². The summed E-state index contributed by atoms with van der Waals surface area (Å²) < 4.78 is 41.3. The molecule has 0 spiro atoms. The van der Waals surface area contributed by atoms with E-state index in [1.807, 2.05) is 49.7 Å². The Morgan fingerprint density at radius 1 is 1.13 bits per heavy atom. The van der Waals surface area contributed by atoms with E-state index >= 15 is 0 Å². The summed E-state index contributed by atoms with van der Waals surface area (Å²) in [5.74, 6) is 0.394. The number of morpholine rings is 1. The van der Waals surface area contributed by atoms with Crippen LogP contribution in [0.4, 0.5) is 5.13 Å². The van der Waals surface area contributed by atoms with Crippen molar-refractivity contribution in [1.82, 2.24) is 19.1 Å². The molecule has 0 saturated carbocycles. The first-order valence-electron chi connectivity index (χ1n) is 12.8. The van der Waals surface area contributed by atoms with Gasteiger partial charge in [-0.05, 0) is 63.2 Å². The molecule has 0 bridgehead atoms. The van der Waals surface area contributed by atoms with Crippen LogP contribution in [0.15, 0.2) is 53.4 Å². The van der Waals surface area contributed by atoms with Gasteiger partial charge in [-0.2, -0.15) is 9.40 Å². The summed E-state index contributed by atoms with van der Waals surface area (Å²) in [6.45, 7) is 8.50. The molecule has 10 nitrogen and oxygen atoms in total. The summed E-state index contributed by atoms with van der Waals surface area (Å²) in [4.78, 5) is 20.4. The van der Waals surface area contributed by atoms with Gasteiger partial charge in [0.25, 0.3) is 5.91 Å². The third-order valence-electron chi connectivity index (χ3n) is 6.49. The molecule has 1 saturated heterocycles. The summed E-state index contributed by atoms with van der Waals surface area (Å²) in [7, 11) is -3.66. The van der Waals surface area contributed by atoms with Crippen LogP contribution >= 0.6 is 11.3 Å². The van der Waals surface area contributed by atoms with Gasteiger partial charge in [-0.3, -0.25) is 14.4 Å². The maximum Gasteiger partial charge on any atom is 0.260 e. The smallest absolute Gasteiger partial charge is 0.260 e. The number of hydrogen-bond acceptors (Lipinski definition) is 8. The first-order valence-corrected chi connectivity index (χ1v) is 15.1. The molecule has 3 heterocycles. The lowest BCUT2D eigenvalue weighted by Crippen LogP contribution is -2.40. The molecule has 0 unspecified atom stereocenters. The highest BCUT2D eigenvalue weighted by molar-refractivity contribution is 7.89. The minimum absolute atomic E-state index is 0.150. The van der Waals surface area contributed by atoms with Crippen molar-refractivity contribution in [3.05, 3.63) is 65.5 Å². The molecule has 1 fully saturated rings. The number of carbonyl (C=O) groups is 1. The minimum atomic E-state index is -3.66. The quantitative estimate of drug-likeness (QED) is 0.301. The summed E-state index contributed by atoms with van der Waals surface area (Å²) in [6, 6.07) is 13.8. The van der Waals surface area contributed by atoms with Gasteiger partial charge >= 0.3 is 0 Å². The Balaban J connectivity index is 1.46. The SMILES string of the molecule is CCOc1cccc2sc(N(CCn3nc(C)cc3C)C(=O)c3ccc(S(=O)(=O)N4CCOCC4)cc3)nc12. The van der Waals surface area contributed by atoms with Crippen LogP contribution in [0, 0.1) is 13.8 Å². The second-order valence-corrected chi connectivity index (χ2v) is 12.1. The fourth-order valence-corrected chi connectivity index (χ4v) is 6.96. The number of benzene rings is 2. The third kappa shape index (κ3) is 5.69. The molecule has 5 rings (SSSR count). The van der Waals surface area contributed by atoms with Crippen molar-refractivity contribution in [3.63, 3.8) is 0 Å². The van der Waals surface area contributed by atoms with Crippen LogP contribution in [0.3, 0.4) is 0 Å². The number of para-hydroxylation sites is 1. The van der Waals surface area contributed by atoms with E-state index < -0.39 is 10.0 Å². The average Bonchev–Trinajstić information content (AvgIpc) is 3.52. The maximum atomic E-state index is 13.9. The van der Waals surface area contributed by atoms with Gasteiger partial charge in [0.05, 0.1) is 41.7 Å². The van der Waals surface area contributed by atoms with Crippen LogP contribution in [0.1, 0.15) is 28.7 Å². The Bertz CT molecular complexity index is 1570. The largest absolute Gasteiger partial charge is 0.492 e. The van der Waals surface area contributed by atoms with Gasteiger partial charge in [0.15, 0.2) is 5.13 Å². The summed E-state index contributed by atoms with van der Waals surface area (Å²) in [5.41, 5.74) is 2.98. The average molecular weight is 570 g/mol. The van der Waals surface area contributed by atoms with Crippen LogP contribution < -0.4 is 9.64 Å². The van der Waals surface area contributed by atoms with E-state index in [0.29, 0.717) is 68.0 Å². The standard InChI is InChI=1S/C27H31N5O5S2/c1-4-37-23-6-5-7-24-25(23)28-27(38-24)31(12-13-32-20(3)18-19(2)29-32)26(33)21-8-10-22(11-9-21)39(34,35)30-14-16-36-17-15-30/h5-11,18H,4,12-17H2,1-3H3. The number of anilines is 1. The number of rotatable bonds is 9. The van der Waals surface area contributed by atoms with Crippen LogP contribution in [0.2, 0.25) is 0 Å². The highest BCUT2D eigenvalue weighted by atomic mass is 32.2. The Morgan fingerprint density at radius 3 is 2.54 bits per heavy atom. The topological polar surface area (TPSA) is 107 Å². The van der Waals surface area contributed by atoms with Crippen LogP contribution in [0.5, 0.6) is 5.75 Å². The minimum Gasteiger partial charge on any atom is -0.492 e. The zero-order chi connectivity index (χ0) is 27.6. The number of aromatic nitrogens is 3. The molecular formula is C27H31N5O5S2. The summed E-state index contributed by atoms with van der Waals surface area (Å²) in [6.07, 6.45) is 0. The maximum absolute atomic E-state index is 13.9. The van der Waals surface area contributed by atoms with Crippen molar-refractivity contribution in [1.29, 1.82) is 0 Å². The number of amides is 1. The molecule has 4 aromatic rings. The Labute approximate surface area is 231 Å². The number of thiazole rings is 1. The number of nitrogens with zero attached hydrogens (tertiary/aromatic N) is 5. The third-order valence-corrected chi connectivity index (χ3v) is 9.45. The molecule has 1 aliphatic rings. The second kappa shape index (κ2) is 11.4. The molecule has 1 amide bonds. The number of hydrogen-bond donors (Lipinski definition) is 0. The fraction of sp³-hybridized carbons (Fsp3) is 0.370. The lowest BCUT2D eigenvalue weighted by atomic mass is 10.2. The van der Waals surface area contributed by atoms with E-state index in [4.69, 9.17) is 14.5 Å². The predicted molar refractivity (Wildman–Crippen MR) is 150 cm³/mol. The van der Waals surface area contributed by atoms with Gasteiger partial charge in [0.2, 0.25) is 10.0 Å². The van der Waals surface area contributed by atoms with E-state index in [-0.39, 0.29) is 10.8 Å². The molecule has 2 aromatic heterocycles. The van der Waals surface area contributed by atoms with E-state index in [0.717, 1.165) is 16.1 Å². The lowest BCUT2D eigenvalue weighted by molar-refractivity contribution is 0.0730. The second-order valence-electron chi connectivity index (χ2n) is 9.18. The fourth-order valence-electron chi connectivity index (χ4n) is 4.54.